The average molecular weight is 251 g/mol. The van der Waals surface area contributed by atoms with E-state index in [0.29, 0.717) is 0 Å². The number of carbonyl (C=O) groups is 3. The number of anilines is 1. The fourth-order valence-electron chi connectivity index (χ4n) is 1.78. The smallest absolute Gasteiger partial charge is 0.274 e. The van der Waals surface area contributed by atoms with Gasteiger partial charge >= 0.3 is 0 Å². The van der Waals surface area contributed by atoms with Crippen LogP contribution in [0, 0.1) is 0 Å². The molecule has 1 atom stereocenters. The molecule has 1 saturated heterocycles. The highest BCUT2D eigenvalue weighted by Gasteiger charge is 2.37. The molecule has 1 unspecified atom stereocenters. The van der Waals surface area contributed by atoms with Crippen molar-refractivity contribution in [3.63, 3.8) is 0 Å². The molecule has 0 spiro atoms. The van der Waals surface area contributed by atoms with Crippen LogP contribution in [0.25, 0.3) is 0 Å². The van der Waals surface area contributed by atoms with E-state index < -0.39 is 17.9 Å². The first-order valence-corrected chi connectivity index (χ1v) is 5.30. The number of aromatic nitrogens is 2. The largest absolute Gasteiger partial charge is 0.396 e. The van der Waals surface area contributed by atoms with Gasteiger partial charge in [-0.25, -0.2) is 0 Å². The van der Waals surface area contributed by atoms with E-state index in [2.05, 4.69) is 10.4 Å². The molecule has 1 aromatic rings. The molecule has 1 aliphatic heterocycles. The van der Waals surface area contributed by atoms with Gasteiger partial charge in [-0.2, -0.15) is 5.10 Å². The Labute approximate surface area is 103 Å². The highest BCUT2D eigenvalue weighted by Crippen LogP contribution is 2.13. The fourth-order valence-corrected chi connectivity index (χ4v) is 1.78. The Morgan fingerprint density at radius 3 is 2.61 bits per heavy atom. The quantitative estimate of drug-likeness (QED) is 0.621. The lowest BCUT2D eigenvalue weighted by Crippen LogP contribution is -2.41. The highest BCUT2D eigenvalue weighted by atomic mass is 16.2. The van der Waals surface area contributed by atoms with Crippen molar-refractivity contribution in [1.29, 1.82) is 0 Å². The number of hydrogen-bond donors (Lipinski definition) is 2. The van der Waals surface area contributed by atoms with Gasteiger partial charge in [0, 0.05) is 20.3 Å². The maximum Gasteiger partial charge on any atom is 0.274 e. The molecule has 18 heavy (non-hydrogen) atoms. The van der Waals surface area contributed by atoms with Crippen LogP contribution < -0.4 is 11.1 Å². The molecule has 0 bridgehead atoms. The van der Waals surface area contributed by atoms with Crippen LogP contribution in [0.1, 0.15) is 16.9 Å². The second kappa shape index (κ2) is 4.13. The summed E-state index contributed by atoms with van der Waals surface area (Å²) in [5.74, 6) is -1.31. The standard InChI is InChI=1S/C10H13N5O3/c1-14-4-5(11)8(13-14)9(17)12-6-3-7(16)15(2)10(6)18/h4,6H,3,11H2,1-2H3,(H,12,17). The van der Waals surface area contributed by atoms with Crippen LogP contribution >= 0.6 is 0 Å². The van der Waals surface area contributed by atoms with Crippen LogP contribution in [-0.2, 0) is 16.6 Å². The van der Waals surface area contributed by atoms with Crippen LogP contribution in [0.2, 0.25) is 0 Å². The van der Waals surface area contributed by atoms with Gasteiger partial charge in [0.2, 0.25) is 5.91 Å². The number of nitrogen functional groups attached to an aromatic ring is 1. The molecule has 8 nitrogen and oxygen atoms in total. The second-order valence-electron chi connectivity index (χ2n) is 4.13. The molecule has 8 heteroatoms. The van der Waals surface area contributed by atoms with Crippen LogP contribution in [-0.4, -0.2) is 45.5 Å². The maximum atomic E-state index is 11.8. The summed E-state index contributed by atoms with van der Waals surface area (Å²) in [5.41, 5.74) is 5.87. The van der Waals surface area contributed by atoms with E-state index in [0.717, 1.165) is 4.90 Å². The van der Waals surface area contributed by atoms with Crippen LogP contribution in [0.3, 0.4) is 0 Å². The molecule has 0 saturated carbocycles. The number of likely N-dealkylation sites (tertiary alicyclic amines) is 1. The van der Waals surface area contributed by atoms with Gasteiger partial charge < -0.3 is 11.1 Å². The number of aryl methyl sites for hydroxylation is 1. The maximum absolute atomic E-state index is 11.8. The monoisotopic (exact) mass is 251 g/mol. The van der Waals surface area contributed by atoms with Gasteiger partial charge in [-0.1, -0.05) is 0 Å². The number of imide groups is 1. The SMILES string of the molecule is CN1C(=O)CC(NC(=O)c2nn(C)cc2N)C1=O. The summed E-state index contributed by atoms with van der Waals surface area (Å²) < 4.78 is 1.40. The summed E-state index contributed by atoms with van der Waals surface area (Å²) >= 11 is 0. The van der Waals surface area contributed by atoms with E-state index in [4.69, 9.17) is 5.73 Å². The molecule has 0 aliphatic carbocycles. The zero-order valence-corrected chi connectivity index (χ0v) is 10.0. The van der Waals surface area contributed by atoms with E-state index in [1.165, 1.54) is 17.9 Å². The van der Waals surface area contributed by atoms with Gasteiger partial charge in [0.25, 0.3) is 11.8 Å². The van der Waals surface area contributed by atoms with Crippen molar-refractivity contribution in [2.24, 2.45) is 7.05 Å². The molecule has 0 radical (unpaired) electrons. The third kappa shape index (κ3) is 1.92. The predicted octanol–water partition coefficient (Wildman–Crippen LogP) is -1.51. The molecule has 3 N–H and O–H groups in total. The Hall–Kier alpha value is -2.38. The zero-order valence-electron chi connectivity index (χ0n) is 10.0. The molecule has 1 aliphatic rings. The second-order valence-corrected chi connectivity index (χ2v) is 4.13. The van der Waals surface area contributed by atoms with E-state index in [-0.39, 0.29) is 23.7 Å². The van der Waals surface area contributed by atoms with E-state index in [9.17, 15) is 14.4 Å². The van der Waals surface area contributed by atoms with E-state index >= 15 is 0 Å². The Morgan fingerprint density at radius 1 is 1.50 bits per heavy atom. The summed E-state index contributed by atoms with van der Waals surface area (Å²) in [5, 5.41) is 6.34. The minimum atomic E-state index is -0.837. The van der Waals surface area contributed by atoms with Gasteiger partial charge in [-0.3, -0.25) is 24.0 Å². The third-order valence-corrected chi connectivity index (χ3v) is 2.76. The van der Waals surface area contributed by atoms with Gasteiger partial charge in [0.1, 0.15) is 6.04 Å². The highest BCUT2D eigenvalue weighted by molar-refractivity contribution is 6.08. The first-order chi connectivity index (χ1) is 8.40. The summed E-state index contributed by atoms with van der Waals surface area (Å²) in [6.45, 7) is 0. The Kier molecular flexibility index (Phi) is 2.77. The number of nitrogens with zero attached hydrogens (tertiary/aromatic N) is 3. The summed E-state index contributed by atoms with van der Waals surface area (Å²) in [4.78, 5) is 35.7. The van der Waals surface area contributed by atoms with Crippen molar-refractivity contribution in [1.82, 2.24) is 20.0 Å². The summed E-state index contributed by atoms with van der Waals surface area (Å²) in [6.07, 6.45) is 1.45. The topological polar surface area (TPSA) is 110 Å². The summed E-state index contributed by atoms with van der Waals surface area (Å²) in [7, 11) is 3.01. The number of hydrogen-bond acceptors (Lipinski definition) is 5. The van der Waals surface area contributed by atoms with E-state index in [1.54, 1.807) is 7.05 Å². The molecule has 0 aromatic carbocycles. The number of nitrogens with two attached hydrogens (primary N) is 1. The van der Waals surface area contributed by atoms with Crippen molar-refractivity contribution >= 4 is 23.4 Å². The van der Waals surface area contributed by atoms with Crippen LogP contribution in [0.15, 0.2) is 6.20 Å². The summed E-state index contributed by atoms with van der Waals surface area (Å²) in [6, 6.07) is -0.837. The molecule has 2 rings (SSSR count). The molecular weight excluding hydrogens is 238 g/mol. The fraction of sp³-hybridized carbons (Fsp3) is 0.400. The zero-order chi connectivity index (χ0) is 13.4. The molecule has 1 aromatic heterocycles. The minimum Gasteiger partial charge on any atom is -0.396 e. The molecular formula is C10H13N5O3. The lowest BCUT2D eigenvalue weighted by Gasteiger charge is -2.10. The Bertz CT molecular complexity index is 536. The first kappa shape index (κ1) is 12.1. The first-order valence-electron chi connectivity index (χ1n) is 5.30. The van der Waals surface area contributed by atoms with Gasteiger partial charge in [0.15, 0.2) is 5.69 Å². The van der Waals surface area contributed by atoms with Crippen molar-refractivity contribution < 1.29 is 14.4 Å². The normalized spacial score (nSPS) is 19.4. The Balaban J connectivity index is 2.11. The van der Waals surface area contributed by atoms with Gasteiger partial charge in [-0.05, 0) is 0 Å². The van der Waals surface area contributed by atoms with Crippen molar-refractivity contribution in [3.8, 4) is 0 Å². The van der Waals surface area contributed by atoms with Crippen molar-refractivity contribution in [2.45, 2.75) is 12.5 Å². The average Bonchev–Trinajstić information content (AvgIpc) is 2.75. The molecule has 1 fully saturated rings. The lowest BCUT2D eigenvalue weighted by molar-refractivity contribution is -0.137. The predicted molar refractivity (Wildman–Crippen MR) is 61.3 cm³/mol. The van der Waals surface area contributed by atoms with Crippen LogP contribution in [0.4, 0.5) is 5.69 Å². The van der Waals surface area contributed by atoms with Crippen LogP contribution in [0.5, 0.6) is 0 Å². The Morgan fingerprint density at radius 2 is 2.17 bits per heavy atom. The molecule has 2 heterocycles. The van der Waals surface area contributed by atoms with Crippen molar-refractivity contribution in [3.05, 3.63) is 11.9 Å². The number of carbonyl (C=O) groups excluding carboxylic acids is 3. The van der Waals surface area contributed by atoms with Gasteiger partial charge in [-0.15, -0.1) is 0 Å². The molecule has 96 valence electrons. The number of amides is 3. The molecule has 3 amide bonds. The number of nitrogens with one attached hydrogen (secondary N) is 1. The lowest BCUT2D eigenvalue weighted by atomic mass is 10.2. The van der Waals surface area contributed by atoms with Crippen molar-refractivity contribution in [2.75, 3.05) is 12.8 Å². The number of likely N-dealkylation sites (N-methyl/N-ethyl adjacent to an activating group) is 1. The number of rotatable bonds is 2. The van der Waals surface area contributed by atoms with Gasteiger partial charge in [0.05, 0.1) is 12.1 Å². The minimum absolute atomic E-state index is 0.0339. The van der Waals surface area contributed by atoms with E-state index in [1.807, 2.05) is 0 Å². The third-order valence-electron chi connectivity index (χ3n) is 2.76.